The second-order valence-electron chi connectivity index (χ2n) is 6.03. The smallest absolute Gasteiger partial charge is 0.192 e. The van der Waals surface area contributed by atoms with Crippen molar-refractivity contribution in [2.24, 2.45) is 4.99 Å². The van der Waals surface area contributed by atoms with Crippen molar-refractivity contribution >= 4 is 22.5 Å². The van der Waals surface area contributed by atoms with Crippen LogP contribution in [-0.2, 0) is 0 Å². The molecule has 0 saturated carbocycles. The van der Waals surface area contributed by atoms with Crippen molar-refractivity contribution in [1.29, 1.82) is 0 Å². The number of nitrogens with zero attached hydrogens (tertiary/aromatic N) is 2. The molecule has 0 amide bonds. The fraction of sp³-hybridized carbons (Fsp3) is 0.0909. The average molecular weight is 326 g/mol. The first-order chi connectivity index (χ1) is 12.2. The Morgan fingerprint density at radius 2 is 1.44 bits per heavy atom. The molecule has 3 nitrogen and oxygen atoms in total. The summed E-state index contributed by atoms with van der Waals surface area (Å²) in [5.74, 6) is 0.672. The van der Waals surface area contributed by atoms with E-state index in [2.05, 4.69) is 35.3 Å². The fourth-order valence-corrected chi connectivity index (χ4v) is 2.97. The van der Waals surface area contributed by atoms with Gasteiger partial charge in [0.1, 0.15) is 5.52 Å². The summed E-state index contributed by atoms with van der Waals surface area (Å²) >= 11 is 0. The Balaban J connectivity index is 1.90. The van der Waals surface area contributed by atoms with E-state index < -0.39 is 0 Å². The van der Waals surface area contributed by atoms with Gasteiger partial charge in [0.25, 0.3) is 0 Å². The third-order valence-electron chi connectivity index (χ3n) is 4.11. The maximum Gasteiger partial charge on any atom is 0.192 e. The second kappa shape index (κ2) is 6.36. The standard InChI is InChI=1S/C22H18N2O/c1-15-13-19(14-20-21(15)23-16(2)25-20)24-22(17-9-5-3-6-10-17)18-11-7-4-8-12-18/h3-14H,1-2H3. The van der Waals surface area contributed by atoms with E-state index in [0.717, 1.165) is 39.2 Å². The lowest BCUT2D eigenvalue weighted by Gasteiger charge is -2.08. The molecule has 1 heterocycles. The number of hydrogen-bond donors (Lipinski definition) is 0. The Bertz CT molecular complexity index is 1010. The molecule has 0 aliphatic heterocycles. The van der Waals surface area contributed by atoms with Gasteiger partial charge in [0.05, 0.1) is 11.4 Å². The molecule has 0 radical (unpaired) electrons. The van der Waals surface area contributed by atoms with Crippen LogP contribution in [0.1, 0.15) is 22.6 Å². The third kappa shape index (κ3) is 3.09. The zero-order valence-corrected chi connectivity index (χ0v) is 14.2. The van der Waals surface area contributed by atoms with Gasteiger partial charge in [-0.3, -0.25) is 0 Å². The minimum absolute atomic E-state index is 0.672. The monoisotopic (exact) mass is 326 g/mol. The van der Waals surface area contributed by atoms with Gasteiger partial charge in [0.15, 0.2) is 11.5 Å². The Hall–Kier alpha value is -3.20. The predicted molar refractivity (Wildman–Crippen MR) is 102 cm³/mol. The fourth-order valence-electron chi connectivity index (χ4n) is 2.97. The Morgan fingerprint density at radius 3 is 2.04 bits per heavy atom. The summed E-state index contributed by atoms with van der Waals surface area (Å²) in [5, 5.41) is 0. The lowest BCUT2D eigenvalue weighted by Crippen LogP contribution is -2.02. The highest BCUT2D eigenvalue weighted by molar-refractivity contribution is 6.14. The van der Waals surface area contributed by atoms with Crippen LogP contribution in [-0.4, -0.2) is 10.7 Å². The van der Waals surface area contributed by atoms with E-state index in [1.807, 2.05) is 56.3 Å². The van der Waals surface area contributed by atoms with Gasteiger partial charge in [-0.15, -0.1) is 0 Å². The lowest BCUT2D eigenvalue weighted by atomic mass is 10.0. The van der Waals surface area contributed by atoms with Crippen molar-refractivity contribution < 1.29 is 4.42 Å². The largest absolute Gasteiger partial charge is 0.441 e. The van der Waals surface area contributed by atoms with E-state index in [1.54, 1.807) is 0 Å². The molecule has 0 fully saturated rings. The van der Waals surface area contributed by atoms with Crippen LogP contribution in [0.3, 0.4) is 0 Å². The maximum absolute atomic E-state index is 5.70. The highest BCUT2D eigenvalue weighted by atomic mass is 16.3. The van der Waals surface area contributed by atoms with Crippen molar-refractivity contribution in [2.45, 2.75) is 13.8 Å². The summed E-state index contributed by atoms with van der Waals surface area (Å²) in [7, 11) is 0. The Labute approximate surface area is 146 Å². The van der Waals surface area contributed by atoms with Crippen molar-refractivity contribution in [3.05, 3.63) is 95.4 Å². The van der Waals surface area contributed by atoms with Gasteiger partial charge >= 0.3 is 0 Å². The number of hydrogen-bond acceptors (Lipinski definition) is 3. The molecule has 3 heteroatoms. The molecule has 122 valence electrons. The number of aliphatic imine (C=N–C) groups is 1. The van der Waals surface area contributed by atoms with Gasteiger partial charge in [-0.2, -0.15) is 0 Å². The van der Waals surface area contributed by atoms with Crippen LogP contribution in [0.25, 0.3) is 11.1 Å². The van der Waals surface area contributed by atoms with E-state index in [1.165, 1.54) is 0 Å². The second-order valence-corrected chi connectivity index (χ2v) is 6.03. The molecule has 0 atom stereocenters. The van der Waals surface area contributed by atoms with Crippen LogP contribution in [0.15, 0.2) is 82.2 Å². The lowest BCUT2D eigenvalue weighted by molar-refractivity contribution is 0.561. The summed E-state index contributed by atoms with van der Waals surface area (Å²) in [6, 6.07) is 24.5. The first kappa shape index (κ1) is 15.3. The van der Waals surface area contributed by atoms with Crippen LogP contribution in [0.5, 0.6) is 0 Å². The molecule has 0 bridgehead atoms. The summed E-state index contributed by atoms with van der Waals surface area (Å²) in [6.07, 6.45) is 0. The molecule has 3 aromatic carbocycles. The number of oxazole rings is 1. The van der Waals surface area contributed by atoms with Crippen LogP contribution in [0.2, 0.25) is 0 Å². The molecule has 1 aromatic heterocycles. The maximum atomic E-state index is 5.70. The molecule has 0 aliphatic carbocycles. The number of fused-ring (bicyclic) bond motifs is 1. The summed E-state index contributed by atoms with van der Waals surface area (Å²) in [4.78, 5) is 9.38. The highest BCUT2D eigenvalue weighted by Crippen LogP contribution is 2.27. The normalized spacial score (nSPS) is 10.8. The molecule has 0 N–H and O–H groups in total. The van der Waals surface area contributed by atoms with Crippen molar-refractivity contribution in [2.75, 3.05) is 0 Å². The number of benzene rings is 3. The van der Waals surface area contributed by atoms with Crippen LogP contribution < -0.4 is 0 Å². The van der Waals surface area contributed by atoms with Crippen LogP contribution >= 0.6 is 0 Å². The van der Waals surface area contributed by atoms with Crippen molar-refractivity contribution in [3.8, 4) is 0 Å². The van der Waals surface area contributed by atoms with E-state index in [4.69, 9.17) is 9.41 Å². The van der Waals surface area contributed by atoms with Gasteiger partial charge in [0.2, 0.25) is 0 Å². The van der Waals surface area contributed by atoms with E-state index in [9.17, 15) is 0 Å². The number of aromatic nitrogens is 1. The molecular formula is C22H18N2O. The minimum atomic E-state index is 0.672. The summed E-state index contributed by atoms with van der Waals surface area (Å²) < 4.78 is 5.70. The molecule has 0 aliphatic rings. The van der Waals surface area contributed by atoms with E-state index in [0.29, 0.717) is 5.89 Å². The van der Waals surface area contributed by atoms with Gasteiger partial charge in [-0.25, -0.2) is 9.98 Å². The SMILES string of the molecule is Cc1nc2c(C)cc(N=C(c3ccccc3)c3ccccc3)cc2o1. The third-order valence-corrected chi connectivity index (χ3v) is 4.11. The van der Waals surface area contributed by atoms with Crippen LogP contribution in [0, 0.1) is 13.8 Å². The summed E-state index contributed by atoms with van der Waals surface area (Å²) in [5.41, 5.74) is 6.71. The average Bonchev–Trinajstić information content (AvgIpc) is 3.02. The molecular weight excluding hydrogens is 308 g/mol. The molecule has 25 heavy (non-hydrogen) atoms. The Kier molecular flexibility index (Phi) is 3.90. The molecule has 0 saturated heterocycles. The zero-order valence-electron chi connectivity index (χ0n) is 14.2. The summed E-state index contributed by atoms with van der Waals surface area (Å²) in [6.45, 7) is 3.90. The quantitative estimate of drug-likeness (QED) is 0.459. The first-order valence-corrected chi connectivity index (χ1v) is 8.28. The molecule has 4 rings (SSSR count). The number of rotatable bonds is 3. The van der Waals surface area contributed by atoms with Crippen LogP contribution in [0.4, 0.5) is 5.69 Å². The molecule has 0 spiro atoms. The van der Waals surface area contributed by atoms with Crippen molar-refractivity contribution in [1.82, 2.24) is 4.98 Å². The van der Waals surface area contributed by atoms with E-state index in [-0.39, 0.29) is 0 Å². The van der Waals surface area contributed by atoms with Crippen molar-refractivity contribution in [3.63, 3.8) is 0 Å². The topological polar surface area (TPSA) is 38.4 Å². The van der Waals surface area contributed by atoms with Gasteiger partial charge in [-0.1, -0.05) is 60.7 Å². The molecule has 0 unspecified atom stereocenters. The molecule has 4 aromatic rings. The van der Waals surface area contributed by atoms with Gasteiger partial charge < -0.3 is 4.42 Å². The number of aryl methyl sites for hydroxylation is 2. The van der Waals surface area contributed by atoms with E-state index >= 15 is 0 Å². The zero-order chi connectivity index (χ0) is 17.2. The first-order valence-electron chi connectivity index (χ1n) is 8.28. The predicted octanol–water partition coefficient (Wildman–Crippen LogP) is 5.61. The highest BCUT2D eigenvalue weighted by Gasteiger charge is 2.10. The van der Waals surface area contributed by atoms with Gasteiger partial charge in [0, 0.05) is 24.1 Å². The Morgan fingerprint density at radius 1 is 0.840 bits per heavy atom. The minimum Gasteiger partial charge on any atom is -0.441 e. The van der Waals surface area contributed by atoms with Gasteiger partial charge in [-0.05, 0) is 18.6 Å².